The van der Waals surface area contributed by atoms with Gasteiger partial charge in [-0.15, -0.1) is 0 Å². The molecule has 2 aliphatic carbocycles. The molecular weight excluding hydrogens is 826 g/mol. The number of halogens is 3. The highest BCUT2D eigenvalue weighted by atomic mass is 32.2. The van der Waals surface area contributed by atoms with Gasteiger partial charge < -0.3 is 34.5 Å². The number of sulfonamides is 1. The second kappa shape index (κ2) is 16.8. The molecule has 61 heavy (non-hydrogen) atoms. The number of methoxy groups -OCH3 is 2. The quantitative estimate of drug-likeness (QED) is 0.279. The molecule has 336 valence electrons. The van der Waals surface area contributed by atoms with Gasteiger partial charge in [0.2, 0.25) is 33.4 Å². The van der Waals surface area contributed by atoms with Gasteiger partial charge in [-0.25, -0.2) is 23.2 Å². The molecule has 2 saturated carbocycles. The Kier molecular flexibility index (Phi) is 12.5. The molecule has 0 spiro atoms. The molecule has 4 aliphatic rings. The lowest BCUT2D eigenvalue weighted by Gasteiger charge is -2.34. The molecule has 7 atom stereocenters. The summed E-state index contributed by atoms with van der Waals surface area (Å²) in [5.74, 6) is -3.89. The van der Waals surface area contributed by atoms with E-state index in [0.29, 0.717) is 38.5 Å². The molecule has 6 rings (SSSR count). The van der Waals surface area contributed by atoms with Crippen molar-refractivity contribution in [1.82, 2.24) is 30.2 Å². The number of allylic oxidation sites excluding steroid dienone is 1. The van der Waals surface area contributed by atoms with E-state index in [2.05, 4.69) is 25.3 Å². The van der Waals surface area contributed by atoms with Gasteiger partial charge in [-0.05, 0) is 78.1 Å². The van der Waals surface area contributed by atoms with E-state index in [1.54, 1.807) is 27.7 Å². The molecule has 3 fully saturated rings. The van der Waals surface area contributed by atoms with Crippen molar-refractivity contribution in [2.75, 3.05) is 20.8 Å². The number of nitrogens with zero attached hydrogens (tertiary/aromatic N) is 3. The van der Waals surface area contributed by atoms with Crippen LogP contribution in [0.4, 0.5) is 18.0 Å². The molecule has 1 aromatic heterocycles. The van der Waals surface area contributed by atoms with Crippen LogP contribution in [0.2, 0.25) is 0 Å². The number of amides is 4. The lowest BCUT2D eigenvalue weighted by molar-refractivity contribution is -0.142. The minimum absolute atomic E-state index is 0.0115. The predicted molar refractivity (Wildman–Crippen MR) is 215 cm³/mol. The zero-order valence-electron chi connectivity index (χ0n) is 35.6. The summed E-state index contributed by atoms with van der Waals surface area (Å²) in [5.41, 5.74) is -4.07. The number of nitrogens with one attached hydrogen (secondary N) is 3. The highest BCUT2D eigenvalue weighted by Crippen LogP contribution is 2.48. The summed E-state index contributed by atoms with van der Waals surface area (Å²) in [7, 11) is -1.77. The fourth-order valence-electron chi connectivity index (χ4n) is 8.06. The average molecular weight is 881 g/mol. The average Bonchev–Trinajstić information content (AvgIpc) is 4.05. The topological polar surface area (TPSA) is 204 Å². The van der Waals surface area contributed by atoms with E-state index in [-0.39, 0.29) is 47.8 Å². The third-order valence-electron chi connectivity index (χ3n) is 12.0. The van der Waals surface area contributed by atoms with Crippen LogP contribution in [-0.4, -0.2) is 102 Å². The second-order valence-electron chi connectivity index (χ2n) is 17.8. The number of alkyl halides is 3. The van der Waals surface area contributed by atoms with Crippen LogP contribution in [0.5, 0.6) is 17.4 Å². The fourth-order valence-corrected chi connectivity index (χ4v) is 9.37. The van der Waals surface area contributed by atoms with Gasteiger partial charge in [-0.1, -0.05) is 32.4 Å². The van der Waals surface area contributed by atoms with Crippen molar-refractivity contribution in [3.05, 3.63) is 30.0 Å². The lowest BCUT2D eigenvalue weighted by Crippen LogP contribution is -2.59. The van der Waals surface area contributed by atoms with Crippen molar-refractivity contribution in [2.45, 2.75) is 133 Å². The largest absolute Gasteiger partial charge is 0.493 e. The van der Waals surface area contributed by atoms with Crippen molar-refractivity contribution < 1.29 is 59.7 Å². The standard InChI is InChI=1S/C41H55F3N6O10S/c1-9-23-16-22(2)12-10-11-13-24-20-40(24,36(53)49-61(55,56)39(6)14-15-39)48-33(51)28-17-25(21-50(28)35(52)31(23)47-37(54)60-38(3,4)5)59-30-19-27-26(18-29(30)57-7)45-32(41(42,43)44)34(46-27)58-8/h11,13,18-19,22-25,28,31H,9-10,12,14-17,20-21H2,1-8H3,(H,47,54)(H,48,51)(H,49,53)/b13-11-/t22-,23-,24?,25-,28+,31+,40-/m1/s1. The van der Waals surface area contributed by atoms with Crippen molar-refractivity contribution >= 4 is 44.9 Å². The summed E-state index contributed by atoms with van der Waals surface area (Å²) in [4.78, 5) is 65.9. The van der Waals surface area contributed by atoms with E-state index < -0.39 is 97.5 Å². The summed E-state index contributed by atoms with van der Waals surface area (Å²) < 4.78 is 91.3. The van der Waals surface area contributed by atoms with Crippen LogP contribution in [0.1, 0.15) is 98.6 Å². The Hall–Kier alpha value is -4.88. The second-order valence-corrected chi connectivity index (χ2v) is 20.0. The Labute approximate surface area is 353 Å². The van der Waals surface area contributed by atoms with Gasteiger partial charge in [0.1, 0.15) is 29.3 Å². The normalized spacial score (nSPS) is 28.5. The van der Waals surface area contributed by atoms with Crippen LogP contribution in [0, 0.1) is 17.8 Å². The number of rotatable bonds is 9. The van der Waals surface area contributed by atoms with E-state index >= 15 is 0 Å². The molecule has 2 aliphatic heterocycles. The van der Waals surface area contributed by atoms with Crippen LogP contribution in [0.25, 0.3) is 11.0 Å². The molecule has 16 nitrogen and oxygen atoms in total. The van der Waals surface area contributed by atoms with E-state index in [1.807, 2.05) is 26.0 Å². The molecule has 20 heteroatoms. The first-order chi connectivity index (χ1) is 28.4. The molecule has 3 heterocycles. The Balaban J connectivity index is 1.39. The van der Waals surface area contributed by atoms with Crippen molar-refractivity contribution in [3.63, 3.8) is 0 Å². The van der Waals surface area contributed by atoms with E-state index in [4.69, 9.17) is 18.9 Å². The van der Waals surface area contributed by atoms with E-state index in [0.717, 1.165) is 7.11 Å². The van der Waals surface area contributed by atoms with Gasteiger partial charge in [0.15, 0.2) is 11.5 Å². The monoisotopic (exact) mass is 880 g/mol. The van der Waals surface area contributed by atoms with Crippen molar-refractivity contribution in [1.29, 1.82) is 0 Å². The number of hydrogen-bond acceptors (Lipinski definition) is 12. The molecular formula is C41H55F3N6O10S. The van der Waals surface area contributed by atoms with Gasteiger partial charge in [-0.3, -0.25) is 19.1 Å². The summed E-state index contributed by atoms with van der Waals surface area (Å²) >= 11 is 0. The van der Waals surface area contributed by atoms with Gasteiger partial charge in [0.05, 0.1) is 36.5 Å². The Bertz CT molecular complexity index is 2190. The van der Waals surface area contributed by atoms with Crippen LogP contribution < -0.4 is 29.6 Å². The summed E-state index contributed by atoms with van der Waals surface area (Å²) in [6.45, 7) is 10.3. The minimum atomic E-state index is -4.87. The number of hydrogen-bond donors (Lipinski definition) is 3. The summed E-state index contributed by atoms with van der Waals surface area (Å²) in [6.07, 6.45) is 0.109. The summed E-state index contributed by atoms with van der Waals surface area (Å²) in [6, 6.07) is 0.0671. The van der Waals surface area contributed by atoms with Crippen LogP contribution in [0.15, 0.2) is 24.3 Å². The summed E-state index contributed by atoms with van der Waals surface area (Å²) in [5, 5.41) is 5.62. The number of carbonyl (C=O) groups is 4. The maximum absolute atomic E-state index is 15.0. The highest BCUT2D eigenvalue weighted by molar-refractivity contribution is 7.91. The molecule has 4 amide bonds. The fraction of sp³-hybridized carbons (Fsp3) is 0.659. The molecule has 1 aromatic carbocycles. The van der Waals surface area contributed by atoms with E-state index in [1.165, 1.54) is 24.1 Å². The molecule has 1 unspecified atom stereocenters. The minimum Gasteiger partial charge on any atom is -0.493 e. The maximum Gasteiger partial charge on any atom is 0.438 e. The van der Waals surface area contributed by atoms with Gasteiger partial charge in [0.25, 0.3) is 5.91 Å². The number of alkyl carbamates (subject to hydrolysis) is 1. The Morgan fingerprint density at radius 1 is 1.03 bits per heavy atom. The predicted octanol–water partition coefficient (Wildman–Crippen LogP) is 5.18. The molecule has 0 bridgehead atoms. The number of aromatic nitrogens is 2. The molecule has 0 radical (unpaired) electrons. The van der Waals surface area contributed by atoms with Crippen LogP contribution in [0.3, 0.4) is 0 Å². The molecule has 1 saturated heterocycles. The Morgan fingerprint density at radius 2 is 1.70 bits per heavy atom. The van der Waals surface area contributed by atoms with Gasteiger partial charge in [0, 0.05) is 24.5 Å². The highest BCUT2D eigenvalue weighted by Gasteiger charge is 2.63. The third kappa shape index (κ3) is 9.78. The smallest absolute Gasteiger partial charge is 0.438 e. The Morgan fingerprint density at radius 3 is 2.31 bits per heavy atom. The van der Waals surface area contributed by atoms with Crippen LogP contribution in [-0.2, 0) is 35.3 Å². The number of benzene rings is 1. The van der Waals surface area contributed by atoms with Crippen molar-refractivity contribution in [2.24, 2.45) is 17.8 Å². The first-order valence-corrected chi connectivity index (χ1v) is 22.0. The number of carbonyl (C=O) groups excluding carboxylic acids is 4. The first kappa shape index (κ1) is 45.6. The van der Waals surface area contributed by atoms with E-state index in [9.17, 15) is 40.8 Å². The van der Waals surface area contributed by atoms with Crippen molar-refractivity contribution in [3.8, 4) is 17.4 Å². The number of ether oxygens (including phenoxy) is 4. The van der Waals surface area contributed by atoms with Gasteiger partial charge >= 0.3 is 12.3 Å². The zero-order valence-corrected chi connectivity index (χ0v) is 36.4. The van der Waals surface area contributed by atoms with Gasteiger partial charge in [-0.2, -0.15) is 13.2 Å². The molecule has 3 N–H and O–H groups in total. The van der Waals surface area contributed by atoms with Crippen LogP contribution >= 0.6 is 0 Å². The number of fused-ring (bicyclic) bond motifs is 3. The third-order valence-corrected chi connectivity index (χ3v) is 14.1. The zero-order chi connectivity index (χ0) is 44.9. The maximum atomic E-state index is 15.0. The first-order valence-electron chi connectivity index (χ1n) is 20.5. The molecule has 2 aromatic rings. The lowest BCUT2D eigenvalue weighted by atomic mass is 9.85. The SMILES string of the molecule is CC[C@@H]1C[C@H](C)CC/C=C\C2C[C@@]2(C(=O)NS(=O)(=O)C2(C)CC2)NC(=O)[C@@H]2C[C@@H](Oc3cc4nc(OC)c(C(F)(F)F)nc4cc3OC)CN2C(=O)[C@H]1NC(=O)OC(C)(C)C.